The van der Waals surface area contributed by atoms with Gasteiger partial charge in [0.1, 0.15) is 6.61 Å². The van der Waals surface area contributed by atoms with Crippen LogP contribution in [-0.2, 0) is 29.2 Å². The molecule has 0 aromatic carbocycles. The van der Waals surface area contributed by atoms with Crippen LogP contribution in [0.1, 0.15) is 24.7 Å². The minimum atomic E-state index is -0.0989. The highest BCUT2D eigenvalue weighted by atomic mass is 35.5. The van der Waals surface area contributed by atoms with Gasteiger partial charge in [-0.1, -0.05) is 0 Å². The Kier molecular flexibility index (Phi) is 6.83. The van der Waals surface area contributed by atoms with Crippen molar-refractivity contribution in [3.63, 3.8) is 0 Å². The SMILES string of the molecule is CCOCC(=O)NCc1cc2n(n1)CCCNC2.Cl. The number of ether oxygens (including phenoxy) is 1. The molecule has 0 unspecified atom stereocenters. The Hall–Kier alpha value is -1.11. The van der Waals surface area contributed by atoms with E-state index >= 15 is 0 Å². The molecule has 2 rings (SSSR count). The van der Waals surface area contributed by atoms with Crippen molar-refractivity contribution in [2.24, 2.45) is 0 Å². The van der Waals surface area contributed by atoms with E-state index in [2.05, 4.69) is 15.7 Å². The maximum atomic E-state index is 11.4. The quantitative estimate of drug-likeness (QED) is 0.826. The van der Waals surface area contributed by atoms with E-state index in [1.54, 1.807) is 0 Å². The lowest BCUT2D eigenvalue weighted by Gasteiger charge is -2.03. The van der Waals surface area contributed by atoms with E-state index in [4.69, 9.17) is 4.74 Å². The van der Waals surface area contributed by atoms with Crippen molar-refractivity contribution in [3.05, 3.63) is 17.5 Å². The van der Waals surface area contributed by atoms with Gasteiger partial charge in [0.05, 0.1) is 17.9 Å². The average molecular weight is 289 g/mol. The molecule has 0 saturated carbocycles. The first-order valence-electron chi connectivity index (χ1n) is 6.40. The molecule has 1 aliphatic heterocycles. The molecule has 1 aromatic heterocycles. The van der Waals surface area contributed by atoms with E-state index < -0.39 is 0 Å². The summed E-state index contributed by atoms with van der Waals surface area (Å²) in [5.74, 6) is -0.0989. The summed E-state index contributed by atoms with van der Waals surface area (Å²) in [4.78, 5) is 11.4. The number of nitrogens with one attached hydrogen (secondary N) is 2. The van der Waals surface area contributed by atoms with E-state index in [-0.39, 0.29) is 24.9 Å². The number of aromatic nitrogens is 2. The van der Waals surface area contributed by atoms with Crippen LogP contribution in [0.25, 0.3) is 0 Å². The second-order valence-electron chi connectivity index (χ2n) is 4.29. The summed E-state index contributed by atoms with van der Waals surface area (Å²) in [5.41, 5.74) is 2.08. The summed E-state index contributed by atoms with van der Waals surface area (Å²) in [6, 6.07) is 2.04. The van der Waals surface area contributed by atoms with Crippen molar-refractivity contribution in [2.75, 3.05) is 19.8 Å². The van der Waals surface area contributed by atoms with Crippen LogP contribution in [-0.4, -0.2) is 35.4 Å². The number of aryl methyl sites for hydroxylation is 1. The largest absolute Gasteiger partial charge is 0.372 e. The highest BCUT2D eigenvalue weighted by molar-refractivity contribution is 5.85. The zero-order valence-corrected chi connectivity index (χ0v) is 12.0. The van der Waals surface area contributed by atoms with Crippen LogP contribution < -0.4 is 10.6 Å². The molecule has 6 nitrogen and oxygen atoms in total. The summed E-state index contributed by atoms with van der Waals surface area (Å²) >= 11 is 0. The number of rotatable bonds is 5. The summed E-state index contributed by atoms with van der Waals surface area (Å²) < 4.78 is 7.05. The van der Waals surface area contributed by atoms with Crippen LogP contribution in [0.4, 0.5) is 0 Å². The van der Waals surface area contributed by atoms with Crippen molar-refractivity contribution in [1.29, 1.82) is 0 Å². The van der Waals surface area contributed by atoms with Crippen LogP contribution in [0, 0.1) is 0 Å². The molecule has 1 aliphatic rings. The molecule has 7 heteroatoms. The smallest absolute Gasteiger partial charge is 0.246 e. The number of hydrogen-bond donors (Lipinski definition) is 2. The van der Waals surface area contributed by atoms with Crippen molar-refractivity contribution in [1.82, 2.24) is 20.4 Å². The van der Waals surface area contributed by atoms with Crippen LogP contribution in [0.3, 0.4) is 0 Å². The number of nitrogens with zero attached hydrogens (tertiary/aromatic N) is 2. The number of halogens is 1. The predicted octanol–water partition coefficient (Wildman–Crippen LogP) is 0.451. The van der Waals surface area contributed by atoms with Gasteiger partial charge in [-0.3, -0.25) is 9.48 Å². The Morgan fingerprint density at radius 3 is 3.26 bits per heavy atom. The highest BCUT2D eigenvalue weighted by Crippen LogP contribution is 2.08. The molecule has 0 atom stereocenters. The Bertz CT molecular complexity index is 385. The van der Waals surface area contributed by atoms with E-state index in [1.807, 2.05) is 17.7 Å². The van der Waals surface area contributed by atoms with Crippen molar-refractivity contribution < 1.29 is 9.53 Å². The number of fused-ring (bicyclic) bond motifs is 1. The maximum Gasteiger partial charge on any atom is 0.246 e. The standard InChI is InChI=1S/C12H20N4O2.ClH/c1-2-18-9-12(17)14-7-10-6-11-8-13-4-3-5-16(11)15-10;/h6,13H,2-5,7-9H2,1H3,(H,14,17);1H. The zero-order valence-electron chi connectivity index (χ0n) is 11.1. The normalized spacial score (nSPS) is 14.2. The Labute approximate surface area is 119 Å². The van der Waals surface area contributed by atoms with Crippen molar-refractivity contribution >= 4 is 18.3 Å². The molecule has 108 valence electrons. The molecule has 0 fully saturated rings. The third kappa shape index (κ3) is 4.81. The van der Waals surface area contributed by atoms with Crippen LogP contribution in [0.2, 0.25) is 0 Å². The molecule has 1 amide bonds. The van der Waals surface area contributed by atoms with Gasteiger partial charge in [0.15, 0.2) is 0 Å². The lowest BCUT2D eigenvalue weighted by Crippen LogP contribution is -2.27. The van der Waals surface area contributed by atoms with Crippen LogP contribution in [0.15, 0.2) is 6.07 Å². The second kappa shape index (κ2) is 8.14. The third-order valence-electron chi connectivity index (χ3n) is 2.85. The molecule has 1 aromatic rings. The number of hydrogen-bond acceptors (Lipinski definition) is 4. The summed E-state index contributed by atoms with van der Waals surface area (Å²) in [6.07, 6.45) is 1.09. The molecule has 0 aliphatic carbocycles. The first-order chi connectivity index (χ1) is 8.79. The third-order valence-corrected chi connectivity index (χ3v) is 2.85. The highest BCUT2D eigenvalue weighted by Gasteiger charge is 2.11. The van der Waals surface area contributed by atoms with Crippen molar-refractivity contribution in [3.8, 4) is 0 Å². The first kappa shape index (κ1) is 15.9. The maximum absolute atomic E-state index is 11.4. The topological polar surface area (TPSA) is 68.2 Å². The Morgan fingerprint density at radius 1 is 1.63 bits per heavy atom. The minimum absolute atomic E-state index is 0. The van der Waals surface area contributed by atoms with E-state index in [0.29, 0.717) is 13.2 Å². The van der Waals surface area contributed by atoms with Crippen molar-refractivity contribution in [2.45, 2.75) is 33.0 Å². The lowest BCUT2D eigenvalue weighted by atomic mass is 10.3. The van der Waals surface area contributed by atoms with Gasteiger partial charge in [0.2, 0.25) is 5.91 Å². The fraction of sp³-hybridized carbons (Fsp3) is 0.667. The number of amides is 1. The fourth-order valence-electron chi connectivity index (χ4n) is 1.94. The summed E-state index contributed by atoms with van der Waals surface area (Å²) in [6.45, 7) is 5.82. The number of carbonyl (C=O) groups excluding carboxylic acids is 1. The molecule has 0 saturated heterocycles. The minimum Gasteiger partial charge on any atom is -0.372 e. The Balaban J connectivity index is 0.00000180. The monoisotopic (exact) mass is 288 g/mol. The van der Waals surface area contributed by atoms with Gasteiger partial charge in [-0.2, -0.15) is 5.10 Å². The Morgan fingerprint density at radius 2 is 2.47 bits per heavy atom. The van der Waals surface area contributed by atoms with Crippen LogP contribution in [0.5, 0.6) is 0 Å². The fourth-order valence-corrected chi connectivity index (χ4v) is 1.94. The first-order valence-corrected chi connectivity index (χ1v) is 6.40. The average Bonchev–Trinajstić information content (AvgIpc) is 2.64. The molecule has 2 heterocycles. The zero-order chi connectivity index (χ0) is 12.8. The second-order valence-corrected chi connectivity index (χ2v) is 4.29. The van der Waals surface area contributed by atoms with E-state index in [9.17, 15) is 4.79 Å². The molecule has 0 spiro atoms. The van der Waals surface area contributed by atoms with E-state index in [1.165, 1.54) is 5.69 Å². The number of carbonyl (C=O) groups is 1. The van der Waals surface area contributed by atoms with Gasteiger partial charge in [-0.15, -0.1) is 12.4 Å². The summed E-state index contributed by atoms with van der Waals surface area (Å²) in [7, 11) is 0. The van der Waals surface area contributed by atoms with Crippen LogP contribution >= 0.6 is 12.4 Å². The van der Waals surface area contributed by atoms with Gasteiger partial charge in [-0.05, 0) is 26.0 Å². The van der Waals surface area contributed by atoms with Gasteiger partial charge >= 0.3 is 0 Å². The molecule has 19 heavy (non-hydrogen) atoms. The molecule has 2 N–H and O–H groups in total. The molecular formula is C12H21ClN4O2. The van der Waals surface area contributed by atoms with Gasteiger partial charge in [0, 0.05) is 19.7 Å². The van der Waals surface area contributed by atoms with Gasteiger partial charge in [-0.25, -0.2) is 0 Å². The predicted molar refractivity (Wildman–Crippen MR) is 74.1 cm³/mol. The van der Waals surface area contributed by atoms with E-state index in [0.717, 1.165) is 31.7 Å². The lowest BCUT2D eigenvalue weighted by molar-refractivity contribution is -0.125. The van der Waals surface area contributed by atoms with Gasteiger partial charge in [0.25, 0.3) is 0 Å². The summed E-state index contributed by atoms with van der Waals surface area (Å²) in [5, 5.41) is 10.6. The molecular weight excluding hydrogens is 268 g/mol. The molecule has 0 bridgehead atoms. The van der Waals surface area contributed by atoms with Gasteiger partial charge < -0.3 is 15.4 Å². The molecule has 0 radical (unpaired) electrons.